The molecule has 1 aromatic carbocycles. The maximum absolute atomic E-state index is 14.3. The van der Waals surface area contributed by atoms with Crippen molar-refractivity contribution in [2.45, 2.75) is 9.79 Å². The standard InChI is InChI=1S/C15H11BrFN3S2.HI/c1-21-15(18)12-6-8(2-4-20-12)22-14-10(17)7-11-9(13(14)16)3-5-19-11;/h2-7,18-19H,1H3;1H. The van der Waals surface area contributed by atoms with E-state index >= 15 is 0 Å². The first-order valence-corrected chi connectivity index (χ1v) is 9.15. The number of halogens is 3. The Bertz CT molecular complexity index is 869. The van der Waals surface area contributed by atoms with Crippen LogP contribution in [0.1, 0.15) is 5.69 Å². The van der Waals surface area contributed by atoms with Gasteiger partial charge >= 0.3 is 0 Å². The lowest BCUT2D eigenvalue weighted by atomic mass is 10.2. The molecule has 0 unspecified atom stereocenters. The van der Waals surface area contributed by atoms with E-state index in [9.17, 15) is 4.39 Å². The predicted octanol–water partition coefficient (Wildman–Crippen LogP) is 5.92. The molecule has 0 saturated carbocycles. The Kier molecular flexibility index (Phi) is 6.52. The molecule has 0 bridgehead atoms. The van der Waals surface area contributed by atoms with Crippen molar-refractivity contribution in [1.82, 2.24) is 9.97 Å². The Morgan fingerprint density at radius 2 is 2.13 bits per heavy atom. The molecule has 2 heterocycles. The van der Waals surface area contributed by atoms with Crippen molar-refractivity contribution in [2.24, 2.45) is 0 Å². The Morgan fingerprint density at radius 1 is 1.35 bits per heavy atom. The van der Waals surface area contributed by atoms with Crippen LogP contribution in [0.3, 0.4) is 0 Å². The average molecular weight is 524 g/mol. The van der Waals surface area contributed by atoms with E-state index in [2.05, 4.69) is 25.9 Å². The number of aromatic amines is 1. The van der Waals surface area contributed by atoms with Gasteiger partial charge in [-0.2, -0.15) is 0 Å². The van der Waals surface area contributed by atoms with Crippen molar-refractivity contribution >= 4 is 79.4 Å². The molecule has 23 heavy (non-hydrogen) atoms. The van der Waals surface area contributed by atoms with Gasteiger partial charge in [0.05, 0.1) is 10.6 Å². The number of thioether (sulfide) groups is 1. The van der Waals surface area contributed by atoms with E-state index in [1.165, 1.54) is 29.6 Å². The van der Waals surface area contributed by atoms with E-state index in [0.717, 1.165) is 20.3 Å². The highest BCUT2D eigenvalue weighted by atomic mass is 127. The lowest BCUT2D eigenvalue weighted by Gasteiger charge is -2.08. The molecule has 0 radical (unpaired) electrons. The molecule has 2 aromatic heterocycles. The van der Waals surface area contributed by atoms with Crippen molar-refractivity contribution in [3.8, 4) is 0 Å². The Balaban J connectivity index is 0.00000192. The highest BCUT2D eigenvalue weighted by Gasteiger charge is 2.14. The second-order valence-electron chi connectivity index (χ2n) is 4.45. The maximum Gasteiger partial charge on any atom is 0.140 e. The first-order chi connectivity index (χ1) is 10.6. The lowest BCUT2D eigenvalue weighted by Crippen LogP contribution is -1.96. The molecule has 0 aliphatic heterocycles. The topological polar surface area (TPSA) is 52.5 Å². The number of benzene rings is 1. The summed E-state index contributed by atoms with van der Waals surface area (Å²) in [7, 11) is 0. The van der Waals surface area contributed by atoms with Gasteiger partial charge in [0.25, 0.3) is 0 Å². The summed E-state index contributed by atoms with van der Waals surface area (Å²) >= 11 is 6.13. The van der Waals surface area contributed by atoms with Gasteiger partial charge in [-0.3, -0.25) is 10.4 Å². The number of hydrogen-bond donors (Lipinski definition) is 2. The number of pyridine rings is 1. The lowest BCUT2D eigenvalue weighted by molar-refractivity contribution is 0.602. The Morgan fingerprint density at radius 3 is 2.87 bits per heavy atom. The normalized spacial score (nSPS) is 10.6. The van der Waals surface area contributed by atoms with Crippen molar-refractivity contribution in [1.29, 1.82) is 5.41 Å². The minimum Gasteiger partial charge on any atom is -0.361 e. The molecule has 0 amide bonds. The van der Waals surface area contributed by atoms with Gasteiger partial charge in [0, 0.05) is 32.7 Å². The van der Waals surface area contributed by atoms with E-state index in [1.807, 2.05) is 18.4 Å². The molecular weight excluding hydrogens is 512 g/mol. The van der Waals surface area contributed by atoms with Crippen LogP contribution in [0.5, 0.6) is 0 Å². The Labute approximate surface area is 166 Å². The van der Waals surface area contributed by atoms with Crippen LogP contribution < -0.4 is 0 Å². The van der Waals surface area contributed by atoms with E-state index in [0.29, 0.717) is 15.6 Å². The summed E-state index contributed by atoms with van der Waals surface area (Å²) in [4.78, 5) is 8.55. The summed E-state index contributed by atoms with van der Waals surface area (Å²) in [6, 6.07) is 7.02. The molecule has 0 atom stereocenters. The fourth-order valence-corrected chi connectivity index (χ4v) is 4.02. The first kappa shape index (κ1) is 18.8. The number of rotatable bonds is 3. The second-order valence-corrected chi connectivity index (χ2v) is 7.15. The average Bonchev–Trinajstić information content (AvgIpc) is 2.99. The van der Waals surface area contributed by atoms with Crippen LogP contribution in [0.4, 0.5) is 4.39 Å². The number of H-pyrrole nitrogens is 1. The summed E-state index contributed by atoms with van der Waals surface area (Å²) in [5.41, 5.74) is 1.35. The fourth-order valence-electron chi connectivity index (χ4n) is 2.03. The molecular formula is C15H12BrFIN3S2. The van der Waals surface area contributed by atoms with E-state index < -0.39 is 0 Å². The van der Waals surface area contributed by atoms with Gasteiger partial charge < -0.3 is 4.98 Å². The first-order valence-electron chi connectivity index (χ1n) is 6.32. The van der Waals surface area contributed by atoms with Crippen LogP contribution in [0, 0.1) is 11.2 Å². The summed E-state index contributed by atoms with van der Waals surface area (Å²) in [6.07, 6.45) is 5.26. The fraction of sp³-hybridized carbons (Fsp3) is 0.0667. The summed E-state index contributed by atoms with van der Waals surface area (Å²) in [5.74, 6) is -0.287. The molecule has 3 rings (SSSR count). The monoisotopic (exact) mass is 523 g/mol. The molecule has 0 aliphatic carbocycles. The van der Waals surface area contributed by atoms with Crippen molar-refractivity contribution in [2.75, 3.05) is 6.26 Å². The second kappa shape index (κ2) is 8.00. The van der Waals surface area contributed by atoms with Gasteiger partial charge in [-0.25, -0.2) is 4.39 Å². The minimum atomic E-state index is -0.287. The molecule has 120 valence electrons. The molecule has 0 spiro atoms. The van der Waals surface area contributed by atoms with Crippen LogP contribution in [0.15, 0.2) is 50.9 Å². The van der Waals surface area contributed by atoms with Gasteiger partial charge in [0.1, 0.15) is 10.9 Å². The highest BCUT2D eigenvalue weighted by molar-refractivity contribution is 14.0. The molecule has 0 fully saturated rings. The SMILES string of the molecule is CSC(=N)c1cc(Sc2c(F)cc3[nH]ccc3c2Br)ccn1.I. The van der Waals surface area contributed by atoms with Crippen LogP contribution in [0.25, 0.3) is 10.9 Å². The number of fused-ring (bicyclic) bond motifs is 1. The quantitative estimate of drug-likeness (QED) is 0.254. The van der Waals surface area contributed by atoms with Gasteiger partial charge in [-0.1, -0.05) is 11.8 Å². The molecule has 0 aliphatic rings. The molecule has 8 heteroatoms. The number of aromatic nitrogens is 2. The van der Waals surface area contributed by atoms with Gasteiger partial charge in [-0.05, 0) is 46.5 Å². The third kappa shape index (κ3) is 3.92. The maximum atomic E-state index is 14.3. The summed E-state index contributed by atoms with van der Waals surface area (Å²) < 4.78 is 15.1. The van der Waals surface area contributed by atoms with Gasteiger partial charge in [0.2, 0.25) is 0 Å². The van der Waals surface area contributed by atoms with Crippen LogP contribution in [-0.4, -0.2) is 21.3 Å². The molecule has 2 N–H and O–H groups in total. The van der Waals surface area contributed by atoms with Crippen LogP contribution in [0.2, 0.25) is 0 Å². The highest BCUT2D eigenvalue weighted by Crippen LogP contribution is 2.39. The van der Waals surface area contributed by atoms with Crippen molar-refractivity contribution in [3.05, 3.63) is 52.6 Å². The zero-order chi connectivity index (χ0) is 15.7. The zero-order valence-corrected chi connectivity index (χ0v) is 17.4. The summed E-state index contributed by atoms with van der Waals surface area (Å²) in [5, 5.41) is 9.16. The van der Waals surface area contributed by atoms with Crippen molar-refractivity contribution < 1.29 is 4.39 Å². The molecule has 0 saturated heterocycles. The van der Waals surface area contributed by atoms with Gasteiger partial charge in [-0.15, -0.1) is 35.7 Å². The number of nitrogens with one attached hydrogen (secondary N) is 2. The van der Waals surface area contributed by atoms with Crippen LogP contribution in [-0.2, 0) is 0 Å². The largest absolute Gasteiger partial charge is 0.361 e. The predicted molar refractivity (Wildman–Crippen MR) is 110 cm³/mol. The summed E-state index contributed by atoms with van der Waals surface area (Å²) in [6.45, 7) is 0. The van der Waals surface area contributed by atoms with Crippen molar-refractivity contribution in [3.63, 3.8) is 0 Å². The van der Waals surface area contributed by atoms with Gasteiger partial charge in [0.15, 0.2) is 0 Å². The third-order valence-corrected chi connectivity index (χ3v) is 5.89. The number of hydrogen-bond acceptors (Lipinski definition) is 4. The van der Waals surface area contributed by atoms with Crippen LogP contribution >= 0.6 is 63.4 Å². The smallest absolute Gasteiger partial charge is 0.140 e. The third-order valence-electron chi connectivity index (χ3n) is 3.09. The van der Waals surface area contributed by atoms with E-state index in [-0.39, 0.29) is 29.8 Å². The molecule has 3 aromatic rings. The Hall–Kier alpha value is -0.580. The number of nitrogens with zero attached hydrogens (tertiary/aromatic N) is 1. The molecule has 3 nitrogen and oxygen atoms in total. The van der Waals surface area contributed by atoms with E-state index in [1.54, 1.807) is 18.5 Å². The zero-order valence-electron chi connectivity index (χ0n) is 11.9. The van der Waals surface area contributed by atoms with E-state index in [4.69, 9.17) is 5.41 Å². The minimum absolute atomic E-state index is 0.